The van der Waals surface area contributed by atoms with E-state index in [0.29, 0.717) is 11.8 Å². The third-order valence-electron chi connectivity index (χ3n) is 2.92. The molecule has 1 rings (SSSR count). The Balaban J connectivity index is 2.58. The van der Waals surface area contributed by atoms with Crippen molar-refractivity contribution >= 4 is 0 Å². The fourth-order valence-corrected chi connectivity index (χ4v) is 1.53. The SMILES string of the molecule is CC(C)C(C)Cc1n[nH]c(CC(C)(C)C)n1. The molecule has 1 N–H and O–H groups in total. The minimum absolute atomic E-state index is 0.264. The normalized spacial score (nSPS) is 14.4. The van der Waals surface area contributed by atoms with E-state index in [9.17, 15) is 0 Å². The predicted molar refractivity (Wildman–Crippen MR) is 67.2 cm³/mol. The summed E-state index contributed by atoms with van der Waals surface area (Å²) >= 11 is 0. The highest BCUT2D eigenvalue weighted by Crippen LogP contribution is 2.19. The summed E-state index contributed by atoms with van der Waals surface area (Å²) in [7, 11) is 0. The molecule has 3 nitrogen and oxygen atoms in total. The minimum Gasteiger partial charge on any atom is -0.263 e. The highest BCUT2D eigenvalue weighted by Gasteiger charge is 2.16. The fraction of sp³-hybridized carbons (Fsp3) is 0.846. The van der Waals surface area contributed by atoms with Crippen LogP contribution in [0.25, 0.3) is 0 Å². The Morgan fingerprint density at radius 2 is 1.81 bits per heavy atom. The summed E-state index contributed by atoms with van der Waals surface area (Å²) in [6, 6.07) is 0. The van der Waals surface area contributed by atoms with Crippen molar-refractivity contribution in [2.24, 2.45) is 17.3 Å². The summed E-state index contributed by atoms with van der Waals surface area (Å²) in [5.41, 5.74) is 0.264. The molecule has 0 aliphatic carbocycles. The first-order valence-electron chi connectivity index (χ1n) is 6.18. The van der Waals surface area contributed by atoms with Crippen LogP contribution in [-0.2, 0) is 12.8 Å². The molecule has 1 unspecified atom stereocenters. The minimum atomic E-state index is 0.264. The van der Waals surface area contributed by atoms with Crippen LogP contribution in [-0.4, -0.2) is 15.2 Å². The molecule has 92 valence electrons. The van der Waals surface area contributed by atoms with Crippen LogP contribution in [0.1, 0.15) is 53.2 Å². The van der Waals surface area contributed by atoms with E-state index in [0.717, 1.165) is 24.5 Å². The lowest BCUT2D eigenvalue weighted by Crippen LogP contribution is -2.11. The number of rotatable bonds is 4. The Morgan fingerprint density at radius 1 is 1.19 bits per heavy atom. The van der Waals surface area contributed by atoms with Gasteiger partial charge in [-0.05, 0) is 17.3 Å². The summed E-state index contributed by atoms with van der Waals surface area (Å²) in [6.45, 7) is 13.4. The number of hydrogen-bond acceptors (Lipinski definition) is 2. The van der Waals surface area contributed by atoms with E-state index in [2.05, 4.69) is 56.7 Å². The molecule has 1 aromatic heterocycles. The lowest BCUT2D eigenvalue weighted by atomic mass is 9.92. The molecular weight excluding hydrogens is 198 g/mol. The van der Waals surface area contributed by atoms with E-state index in [1.54, 1.807) is 0 Å². The molecule has 0 saturated heterocycles. The highest BCUT2D eigenvalue weighted by molar-refractivity contribution is 4.94. The van der Waals surface area contributed by atoms with Gasteiger partial charge in [0.1, 0.15) is 5.82 Å². The number of hydrogen-bond donors (Lipinski definition) is 1. The summed E-state index contributed by atoms with van der Waals surface area (Å²) in [6.07, 6.45) is 1.92. The van der Waals surface area contributed by atoms with Crippen LogP contribution in [0.3, 0.4) is 0 Å². The Labute approximate surface area is 99.1 Å². The number of H-pyrrole nitrogens is 1. The Morgan fingerprint density at radius 3 is 2.31 bits per heavy atom. The zero-order valence-electron chi connectivity index (χ0n) is 11.5. The van der Waals surface area contributed by atoms with Gasteiger partial charge >= 0.3 is 0 Å². The average molecular weight is 223 g/mol. The molecule has 1 aromatic rings. The standard InChI is InChI=1S/C13H25N3/c1-9(2)10(3)7-11-14-12(16-15-11)8-13(4,5)6/h9-10H,7-8H2,1-6H3,(H,14,15,16). The van der Waals surface area contributed by atoms with Gasteiger partial charge < -0.3 is 0 Å². The molecule has 0 saturated carbocycles. The topological polar surface area (TPSA) is 41.6 Å². The van der Waals surface area contributed by atoms with Crippen molar-refractivity contribution in [2.75, 3.05) is 0 Å². The molecule has 1 heterocycles. The summed E-state index contributed by atoms with van der Waals surface area (Å²) in [5, 5.41) is 7.33. The maximum atomic E-state index is 4.55. The summed E-state index contributed by atoms with van der Waals surface area (Å²) in [5.74, 6) is 3.29. The van der Waals surface area contributed by atoms with Gasteiger partial charge in [-0.1, -0.05) is 41.5 Å². The molecular formula is C13H25N3. The zero-order chi connectivity index (χ0) is 12.3. The second-order valence-electron chi connectivity index (χ2n) is 6.36. The van der Waals surface area contributed by atoms with Gasteiger partial charge in [0.25, 0.3) is 0 Å². The van der Waals surface area contributed by atoms with E-state index < -0.39 is 0 Å². The van der Waals surface area contributed by atoms with Crippen LogP contribution in [0, 0.1) is 17.3 Å². The van der Waals surface area contributed by atoms with Crippen LogP contribution in [0.5, 0.6) is 0 Å². The molecule has 0 aromatic carbocycles. The van der Waals surface area contributed by atoms with Gasteiger partial charge in [-0.15, -0.1) is 0 Å². The second-order valence-corrected chi connectivity index (χ2v) is 6.36. The van der Waals surface area contributed by atoms with Crippen LogP contribution in [0.15, 0.2) is 0 Å². The Hall–Kier alpha value is -0.860. The van der Waals surface area contributed by atoms with Crippen LogP contribution in [0.2, 0.25) is 0 Å². The van der Waals surface area contributed by atoms with Crippen LogP contribution < -0.4 is 0 Å². The molecule has 16 heavy (non-hydrogen) atoms. The van der Waals surface area contributed by atoms with Crippen molar-refractivity contribution in [3.05, 3.63) is 11.6 Å². The molecule has 0 radical (unpaired) electrons. The van der Waals surface area contributed by atoms with Crippen molar-refractivity contribution in [3.63, 3.8) is 0 Å². The van der Waals surface area contributed by atoms with Crippen LogP contribution in [0.4, 0.5) is 0 Å². The Kier molecular flexibility index (Phi) is 4.11. The third-order valence-corrected chi connectivity index (χ3v) is 2.92. The summed E-state index contributed by atoms with van der Waals surface area (Å²) in [4.78, 5) is 4.55. The maximum Gasteiger partial charge on any atom is 0.150 e. The maximum absolute atomic E-state index is 4.55. The van der Waals surface area contributed by atoms with Gasteiger partial charge in [0.05, 0.1) is 0 Å². The lowest BCUT2D eigenvalue weighted by molar-refractivity contribution is 0.399. The van der Waals surface area contributed by atoms with E-state index in [4.69, 9.17) is 0 Å². The van der Waals surface area contributed by atoms with Crippen LogP contribution >= 0.6 is 0 Å². The van der Waals surface area contributed by atoms with Crippen molar-refractivity contribution < 1.29 is 0 Å². The first-order chi connectivity index (χ1) is 7.28. The van der Waals surface area contributed by atoms with Crippen molar-refractivity contribution in [1.29, 1.82) is 0 Å². The Bertz CT molecular complexity index is 320. The van der Waals surface area contributed by atoms with Crippen molar-refractivity contribution in [3.8, 4) is 0 Å². The smallest absolute Gasteiger partial charge is 0.150 e. The molecule has 0 aliphatic rings. The van der Waals surface area contributed by atoms with E-state index >= 15 is 0 Å². The van der Waals surface area contributed by atoms with Gasteiger partial charge in [0.2, 0.25) is 0 Å². The van der Waals surface area contributed by atoms with Crippen molar-refractivity contribution in [2.45, 2.75) is 54.4 Å². The van der Waals surface area contributed by atoms with Gasteiger partial charge in [0, 0.05) is 12.8 Å². The number of nitrogens with one attached hydrogen (secondary N) is 1. The van der Waals surface area contributed by atoms with E-state index in [-0.39, 0.29) is 5.41 Å². The number of aromatic nitrogens is 3. The average Bonchev–Trinajstić information content (AvgIpc) is 2.49. The number of nitrogens with zero attached hydrogens (tertiary/aromatic N) is 2. The van der Waals surface area contributed by atoms with E-state index in [1.807, 2.05) is 0 Å². The molecule has 0 bridgehead atoms. The highest BCUT2D eigenvalue weighted by atomic mass is 15.2. The monoisotopic (exact) mass is 223 g/mol. The molecule has 1 atom stereocenters. The quantitative estimate of drug-likeness (QED) is 0.851. The van der Waals surface area contributed by atoms with Gasteiger partial charge in [-0.25, -0.2) is 4.98 Å². The van der Waals surface area contributed by atoms with Crippen molar-refractivity contribution in [1.82, 2.24) is 15.2 Å². The predicted octanol–water partition coefficient (Wildman–Crippen LogP) is 3.23. The first-order valence-corrected chi connectivity index (χ1v) is 6.18. The first kappa shape index (κ1) is 13.2. The van der Waals surface area contributed by atoms with Gasteiger partial charge in [0.15, 0.2) is 5.82 Å². The molecule has 0 amide bonds. The number of aromatic amines is 1. The van der Waals surface area contributed by atoms with Gasteiger partial charge in [-0.3, -0.25) is 5.10 Å². The zero-order valence-corrected chi connectivity index (χ0v) is 11.5. The molecule has 0 spiro atoms. The lowest BCUT2D eigenvalue weighted by Gasteiger charge is -2.15. The molecule has 0 aliphatic heterocycles. The molecule has 3 heteroatoms. The largest absolute Gasteiger partial charge is 0.263 e. The molecule has 0 fully saturated rings. The second kappa shape index (κ2) is 4.98. The third kappa shape index (κ3) is 4.33. The van der Waals surface area contributed by atoms with E-state index in [1.165, 1.54) is 0 Å². The fourth-order valence-electron chi connectivity index (χ4n) is 1.53. The van der Waals surface area contributed by atoms with Gasteiger partial charge in [-0.2, -0.15) is 5.10 Å². The summed E-state index contributed by atoms with van der Waals surface area (Å²) < 4.78 is 0.